The molecule has 74 valence electrons. The molecule has 14 heavy (non-hydrogen) atoms. The van der Waals surface area contributed by atoms with Gasteiger partial charge in [-0.1, -0.05) is 25.3 Å². The maximum atomic E-state index is 11.5. The van der Waals surface area contributed by atoms with E-state index >= 15 is 0 Å². The van der Waals surface area contributed by atoms with Crippen molar-refractivity contribution in [2.45, 2.75) is 26.2 Å². The number of rotatable bonds is 0. The van der Waals surface area contributed by atoms with E-state index < -0.39 is 0 Å². The fraction of sp³-hybridized carbons (Fsp3) is 0.500. The van der Waals surface area contributed by atoms with Crippen molar-refractivity contribution in [3.8, 4) is 0 Å². The number of fused-ring (bicyclic) bond motifs is 1. The molecule has 1 N–H and O–H groups in total. The highest BCUT2D eigenvalue weighted by Gasteiger charge is 2.18. The van der Waals surface area contributed by atoms with Crippen LogP contribution in [0, 0.1) is 0 Å². The predicted octanol–water partition coefficient (Wildman–Crippen LogP) is 1.07. The van der Waals surface area contributed by atoms with Crippen LogP contribution in [-0.2, 0) is 5.41 Å². The zero-order chi connectivity index (χ0) is 10.3. The highest BCUT2D eigenvalue weighted by atomic mass is 32.1. The van der Waals surface area contributed by atoms with Gasteiger partial charge in [0, 0.05) is 16.9 Å². The van der Waals surface area contributed by atoms with Crippen LogP contribution in [0.5, 0.6) is 0 Å². The molecule has 2 rings (SSSR count). The highest BCUT2D eigenvalue weighted by Crippen LogP contribution is 2.18. The first-order chi connectivity index (χ1) is 6.48. The summed E-state index contributed by atoms with van der Waals surface area (Å²) in [7, 11) is 0. The van der Waals surface area contributed by atoms with E-state index in [1.54, 1.807) is 0 Å². The van der Waals surface area contributed by atoms with Gasteiger partial charge in [-0.25, -0.2) is 4.98 Å². The Morgan fingerprint density at radius 1 is 1.36 bits per heavy atom. The first-order valence-electron chi connectivity index (χ1n) is 4.21. The van der Waals surface area contributed by atoms with Gasteiger partial charge in [-0.3, -0.25) is 4.79 Å². The predicted molar refractivity (Wildman–Crippen MR) is 54.5 cm³/mol. The van der Waals surface area contributed by atoms with Crippen molar-refractivity contribution in [2.24, 2.45) is 0 Å². The summed E-state index contributed by atoms with van der Waals surface area (Å²) in [5.41, 5.74) is -0.0613. The van der Waals surface area contributed by atoms with E-state index in [2.05, 4.69) is 19.6 Å². The van der Waals surface area contributed by atoms with Crippen molar-refractivity contribution in [1.82, 2.24) is 19.6 Å². The van der Waals surface area contributed by atoms with Crippen molar-refractivity contribution in [2.75, 3.05) is 0 Å². The largest absolute Gasteiger partial charge is 0.308 e. The summed E-state index contributed by atoms with van der Waals surface area (Å²) in [6.45, 7) is 5.97. The number of aromatic nitrogens is 4. The van der Waals surface area contributed by atoms with Crippen LogP contribution < -0.4 is 5.56 Å². The third kappa shape index (κ3) is 1.41. The van der Waals surface area contributed by atoms with E-state index in [1.165, 1.54) is 0 Å². The van der Waals surface area contributed by atoms with Crippen molar-refractivity contribution in [3.05, 3.63) is 16.2 Å². The minimum atomic E-state index is -0.214. The van der Waals surface area contributed by atoms with Gasteiger partial charge in [-0.15, -0.1) is 5.10 Å². The second-order valence-corrected chi connectivity index (χ2v) is 4.82. The molecule has 0 saturated heterocycles. The molecule has 2 aromatic rings. The number of H-pyrrole nitrogens is 1. The molecule has 0 radical (unpaired) electrons. The second-order valence-electron chi connectivity index (χ2n) is 4.09. The standard InChI is InChI=1S/C8H10N4OS/c1-8(2,3)7-9-5(13)4-6(10-7)14-12-11-4/h1-3H3,(H,9,10,13). The number of nitrogens with one attached hydrogen (secondary N) is 1. The lowest BCUT2D eigenvalue weighted by Crippen LogP contribution is -2.21. The first kappa shape index (κ1) is 9.26. The van der Waals surface area contributed by atoms with Crippen LogP contribution in [0.2, 0.25) is 0 Å². The monoisotopic (exact) mass is 210 g/mol. The molecule has 2 heterocycles. The maximum absolute atomic E-state index is 11.5. The average molecular weight is 210 g/mol. The molecule has 2 aromatic heterocycles. The lowest BCUT2D eigenvalue weighted by molar-refractivity contribution is 0.546. The van der Waals surface area contributed by atoms with Gasteiger partial charge in [-0.05, 0) is 0 Å². The number of aromatic amines is 1. The molecule has 0 spiro atoms. The molecule has 0 aliphatic rings. The SMILES string of the molecule is CC(C)(C)c1nc2snnc2c(=O)[nH]1. The summed E-state index contributed by atoms with van der Waals surface area (Å²) >= 11 is 1.14. The molecule has 0 bridgehead atoms. The van der Waals surface area contributed by atoms with Gasteiger partial charge in [-0.2, -0.15) is 0 Å². The van der Waals surface area contributed by atoms with Gasteiger partial charge in [0.05, 0.1) is 0 Å². The molecule has 6 heteroatoms. The van der Waals surface area contributed by atoms with E-state index in [9.17, 15) is 4.79 Å². The van der Waals surface area contributed by atoms with E-state index in [1.807, 2.05) is 20.8 Å². The Balaban J connectivity index is 2.77. The van der Waals surface area contributed by atoms with Crippen molar-refractivity contribution >= 4 is 21.9 Å². The molecule has 0 unspecified atom stereocenters. The highest BCUT2D eigenvalue weighted by molar-refractivity contribution is 7.12. The van der Waals surface area contributed by atoms with E-state index in [0.717, 1.165) is 11.5 Å². The Labute approximate surface area is 84.4 Å². The van der Waals surface area contributed by atoms with Crippen LogP contribution in [0.4, 0.5) is 0 Å². The number of nitrogens with zero attached hydrogens (tertiary/aromatic N) is 3. The molecule has 0 aliphatic heterocycles. The number of hydrogen-bond acceptors (Lipinski definition) is 5. The first-order valence-corrected chi connectivity index (χ1v) is 4.99. The third-order valence-electron chi connectivity index (χ3n) is 1.84. The topological polar surface area (TPSA) is 71.5 Å². The summed E-state index contributed by atoms with van der Waals surface area (Å²) in [6.07, 6.45) is 0. The summed E-state index contributed by atoms with van der Waals surface area (Å²) in [5.74, 6) is 0.668. The molecule has 5 nitrogen and oxygen atoms in total. The van der Waals surface area contributed by atoms with Crippen LogP contribution in [-0.4, -0.2) is 19.6 Å². The molecule has 0 aliphatic carbocycles. The smallest absolute Gasteiger partial charge is 0.280 e. The van der Waals surface area contributed by atoms with Gasteiger partial charge < -0.3 is 4.98 Å². The van der Waals surface area contributed by atoms with Gasteiger partial charge >= 0.3 is 0 Å². The fourth-order valence-electron chi connectivity index (χ4n) is 1.05. The quantitative estimate of drug-likeness (QED) is 0.706. The zero-order valence-electron chi connectivity index (χ0n) is 8.16. The zero-order valence-corrected chi connectivity index (χ0v) is 8.97. The molecule has 0 saturated carbocycles. The van der Waals surface area contributed by atoms with Gasteiger partial charge in [0.1, 0.15) is 5.82 Å². The van der Waals surface area contributed by atoms with Gasteiger partial charge in [0.2, 0.25) is 0 Å². The van der Waals surface area contributed by atoms with Crippen molar-refractivity contribution in [1.29, 1.82) is 0 Å². The van der Waals surface area contributed by atoms with E-state index in [0.29, 0.717) is 16.2 Å². The number of hydrogen-bond donors (Lipinski definition) is 1. The third-order valence-corrected chi connectivity index (χ3v) is 2.46. The van der Waals surface area contributed by atoms with Crippen LogP contribution in [0.1, 0.15) is 26.6 Å². The Morgan fingerprint density at radius 3 is 2.71 bits per heavy atom. The lowest BCUT2D eigenvalue weighted by Gasteiger charge is -2.15. The Morgan fingerprint density at radius 2 is 2.07 bits per heavy atom. The Bertz CT molecular complexity index is 522. The molecule has 0 atom stereocenters. The molecular formula is C8H10N4OS. The minimum absolute atomic E-state index is 0.169. The second kappa shape index (κ2) is 2.84. The summed E-state index contributed by atoms with van der Waals surface area (Å²) in [6, 6.07) is 0. The minimum Gasteiger partial charge on any atom is -0.308 e. The van der Waals surface area contributed by atoms with Crippen LogP contribution in [0.25, 0.3) is 10.3 Å². The fourth-order valence-corrected chi connectivity index (χ4v) is 1.61. The molecule has 0 fully saturated rings. The maximum Gasteiger partial charge on any atom is 0.280 e. The molecule has 0 amide bonds. The lowest BCUT2D eigenvalue weighted by atomic mass is 9.96. The van der Waals surface area contributed by atoms with E-state index in [4.69, 9.17) is 0 Å². The van der Waals surface area contributed by atoms with Crippen LogP contribution in [0.3, 0.4) is 0 Å². The van der Waals surface area contributed by atoms with Crippen molar-refractivity contribution in [3.63, 3.8) is 0 Å². The normalized spacial score (nSPS) is 12.2. The summed E-state index contributed by atoms with van der Waals surface area (Å²) in [5, 5.41) is 3.70. The van der Waals surface area contributed by atoms with Crippen LogP contribution in [0.15, 0.2) is 4.79 Å². The van der Waals surface area contributed by atoms with Gasteiger partial charge in [0.15, 0.2) is 10.3 Å². The Hall–Kier alpha value is -1.30. The Kier molecular flexibility index (Phi) is 1.88. The van der Waals surface area contributed by atoms with Crippen molar-refractivity contribution < 1.29 is 0 Å². The average Bonchev–Trinajstić information content (AvgIpc) is 2.50. The van der Waals surface area contributed by atoms with Crippen LogP contribution >= 0.6 is 11.5 Å². The van der Waals surface area contributed by atoms with E-state index in [-0.39, 0.29) is 11.0 Å². The molecular weight excluding hydrogens is 200 g/mol. The summed E-state index contributed by atoms with van der Waals surface area (Å²) in [4.78, 5) is 19.1. The van der Waals surface area contributed by atoms with Gasteiger partial charge in [0.25, 0.3) is 5.56 Å². The molecule has 0 aromatic carbocycles. The summed E-state index contributed by atoms with van der Waals surface area (Å²) < 4.78 is 3.69.